The third-order valence-corrected chi connectivity index (χ3v) is 9.17. The molecule has 2 heterocycles. The first-order valence-corrected chi connectivity index (χ1v) is 12.5. The highest BCUT2D eigenvalue weighted by molar-refractivity contribution is 7.25. The van der Waals surface area contributed by atoms with Crippen LogP contribution in [0.5, 0.6) is 0 Å². The van der Waals surface area contributed by atoms with Crippen LogP contribution in [0, 0.1) is 0 Å². The number of hydrogen-bond donors (Lipinski definition) is 0. The summed E-state index contributed by atoms with van der Waals surface area (Å²) in [6, 6.07) is 36.1. The van der Waals surface area contributed by atoms with Gasteiger partial charge in [-0.1, -0.05) is 66.7 Å². The van der Waals surface area contributed by atoms with Crippen LogP contribution in [0.15, 0.2) is 97.1 Å². The average molecular weight is 441 g/mol. The second kappa shape index (κ2) is 6.07. The fourth-order valence-corrected chi connectivity index (χ4v) is 7.69. The molecule has 0 bridgehead atoms. The molecule has 0 atom stereocenters. The van der Waals surface area contributed by atoms with Gasteiger partial charge in [-0.25, -0.2) is 0 Å². The molecule has 0 aliphatic heterocycles. The minimum absolute atomic E-state index is 1.29. The Bertz CT molecular complexity index is 1880. The van der Waals surface area contributed by atoms with Crippen molar-refractivity contribution in [2.75, 3.05) is 0 Å². The van der Waals surface area contributed by atoms with Crippen molar-refractivity contribution >= 4 is 63.7 Å². The van der Waals surface area contributed by atoms with Crippen molar-refractivity contribution in [3.63, 3.8) is 0 Å². The van der Waals surface area contributed by atoms with Gasteiger partial charge >= 0.3 is 0 Å². The summed E-state index contributed by atoms with van der Waals surface area (Å²) in [5, 5.41) is 6.84. The molecule has 0 saturated carbocycles. The normalized spacial score (nSPS) is 12.4. The molecular weight excluding hydrogens is 424 g/mol. The Hall–Kier alpha value is -3.46. The van der Waals surface area contributed by atoms with Crippen LogP contribution in [0.25, 0.3) is 73.7 Å². The molecule has 0 amide bonds. The van der Waals surface area contributed by atoms with Gasteiger partial charge in [-0.3, -0.25) is 0 Å². The standard InChI is InChI=1S/C30H16S2/c1-2-10-25-20(7-1)23-15-18(11-13-26(23)31-25)19-12-14-27-24(16-19)29-21-8-3-5-17-6-4-9-22(28(17)21)30(29)32-27/h1-16H. The van der Waals surface area contributed by atoms with Gasteiger partial charge in [-0.15, -0.1) is 22.7 Å². The van der Waals surface area contributed by atoms with Crippen molar-refractivity contribution in [1.82, 2.24) is 0 Å². The Morgan fingerprint density at radius 2 is 1.16 bits per heavy atom. The van der Waals surface area contributed by atoms with E-state index < -0.39 is 0 Å². The molecule has 5 aromatic carbocycles. The zero-order valence-corrected chi connectivity index (χ0v) is 18.7. The van der Waals surface area contributed by atoms with Crippen LogP contribution < -0.4 is 0 Å². The summed E-state index contributed by atoms with van der Waals surface area (Å²) >= 11 is 3.80. The molecule has 148 valence electrons. The Labute approximate surface area is 193 Å². The SMILES string of the molecule is c1cc2c3c(cccc3c1)-c1c-2sc2ccc(-c3ccc4sc5ccccc5c4c3)cc12. The highest BCUT2D eigenvalue weighted by Gasteiger charge is 2.25. The molecule has 1 aliphatic carbocycles. The zero-order valence-electron chi connectivity index (χ0n) is 17.1. The topological polar surface area (TPSA) is 0 Å². The number of hydrogen-bond acceptors (Lipinski definition) is 2. The van der Waals surface area contributed by atoms with Crippen molar-refractivity contribution in [3.8, 4) is 32.7 Å². The summed E-state index contributed by atoms with van der Waals surface area (Å²) in [6.07, 6.45) is 0. The molecule has 7 aromatic rings. The van der Waals surface area contributed by atoms with E-state index in [-0.39, 0.29) is 0 Å². The van der Waals surface area contributed by atoms with Gasteiger partial charge in [0, 0.05) is 46.3 Å². The van der Waals surface area contributed by atoms with E-state index in [9.17, 15) is 0 Å². The van der Waals surface area contributed by atoms with E-state index in [0.717, 1.165) is 0 Å². The molecule has 0 nitrogen and oxygen atoms in total. The Morgan fingerprint density at radius 3 is 2.00 bits per heavy atom. The van der Waals surface area contributed by atoms with Crippen LogP contribution in [0.4, 0.5) is 0 Å². The smallest absolute Gasteiger partial charge is 0.0440 e. The Morgan fingerprint density at radius 1 is 0.469 bits per heavy atom. The van der Waals surface area contributed by atoms with Crippen molar-refractivity contribution < 1.29 is 0 Å². The number of benzene rings is 5. The second-order valence-corrected chi connectivity index (χ2v) is 10.7. The minimum Gasteiger partial charge on any atom is -0.135 e. The van der Waals surface area contributed by atoms with Gasteiger partial charge in [0.2, 0.25) is 0 Å². The second-order valence-electron chi connectivity index (χ2n) is 8.54. The molecule has 0 fully saturated rings. The van der Waals surface area contributed by atoms with Crippen LogP contribution in [0.1, 0.15) is 0 Å². The van der Waals surface area contributed by atoms with E-state index >= 15 is 0 Å². The van der Waals surface area contributed by atoms with Gasteiger partial charge in [0.25, 0.3) is 0 Å². The monoisotopic (exact) mass is 440 g/mol. The van der Waals surface area contributed by atoms with Crippen LogP contribution in [0.3, 0.4) is 0 Å². The fourth-order valence-electron chi connectivity index (χ4n) is 5.38. The first-order valence-electron chi connectivity index (χ1n) is 10.9. The predicted molar refractivity (Wildman–Crippen MR) is 142 cm³/mol. The van der Waals surface area contributed by atoms with Crippen LogP contribution in [-0.4, -0.2) is 0 Å². The van der Waals surface area contributed by atoms with Gasteiger partial charge in [-0.2, -0.15) is 0 Å². The van der Waals surface area contributed by atoms with Gasteiger partial charge < -0.3 is 0 Å². The lowest BCUT2D eigenvalue weighted by molar-refractivity contribution is 1.72. The minimum atomic E-state index is 1.29. The van der Waals surface area contributed by atoms with E-state index in [1.165, 1.54) is 73.7 Å². The van der Waals surface area contributed by atoms with Gasteiger partial charge in [0.15, 0.2) is 0 Å². The maximum absolute atomic E-state index is 2.41. The zero-order chi connectivity index (χ0) is 20.8. The molecule has 0 unspecified atom stereocenters. The lowest BCUT2D eigenvalue weighted by Crippen LogP contribution is -1.79. The van der Waals surface area contributed by atoms with Crippen LogP contribution >= 0.6 is 22.7 Å². The quantitative estimate of drug-likeness (QED) is 0.238. The first-order chi connectivity index (χ1) is 15.8. The van der Waals surface area contributed by atoms with E-state index in [1.807, 2.05) is 22.7 Å². The summed E-state index contributed by atoms with van der Waals surface area (Å²) in [5.41, 5.74) is 6.77. The molecule has 8 rings (SSSR count). The average Bonchev–Trinajstić information content (AvgIpc) is 3.49. The first kappa shape index (κ1) is 17.1. The van der Waals surface area contributed by atoms with Crippen molar-refractivity contribution in [3.05, 3.63) is 97.1 Å². The molecule has 32 heavy (non-hydrogen) atoms. The summed E-state index contributed by atoms with van der Waals surface area (Å²) in [5.74, 6) is 0. The third-order valence-electron chi connectivity index (χ3n) is 6.82. The molecule has 1 aliphatic rings. The van der Waals surface area contributed by atoms with Crippen molar-refractivity contribution in [2.24, 2.45) is 0 Å². The predicted octanol–water partition coefficient (Wildman–Crippen LogP) is 9.74. The lowest BCUT2D eigenvalue weighted by atomic mass is 9.98. The number of fused-ring (bicyclic) bond motifs is 8. The van der Waals surface area contributed by atoms with E-state index in [2.05, 4.69) is 97.1 Å². The molecule has 2 aromatic heterocycles. The molecule has 0 saturated heterocycles. The van der Waals surface area contributed by atoms with Crippen molar-refractivity contribution in [1.29, 1.82) is 0 Å². The summed E-state index contributed by atoms with van der Waals surface area (Å²) in [7, 11) is 0. The van der Waals surface area contributed by atoms with Gasteiger partial charge in [-0.05, 0) is 57.8 Å². The number of rotatable bonds is 1. The third kappa shape index (κ3) is 2.16. The maximum Gasteiger partial charge on any atom is 0.0440 e. The van der Waals surface area contributed by atoms with E-state index in [1.54, 1.807) is 0 Å². The molecule has 0 radical (unpaired) electrons. The highest BCUT2D eigenvalue weighted by atomic mass is 32.1. The maximum atomic E-state index is 2.41. The highest BCUT2D eigenvalue weighted by Crippen LogP contribution is 2.54. The molecule has 0 N–H and O–H groups in total. The summed E-state index contributed by atoms with van der Waals surface area (Å²) < 4.78 is 4.08. The fraction of sp³-hybridized carbons (Fsp3) is 0. The van der Waals surface area contributed by atoms with Crippen LogP contribution in [0.2, 0.25) is 0 Å². The Balaban J connectivity index is 1.38. The van der Waals surface area contributed by atoms with Crippen molar-refractivity contribution in [2.45, 2.75) is 0 Å². The Kier molecular flexibility index (Phi) is 3.25. The summed E-state index contributed by atoms with van der Waals surface area (Å²) in [4.78, 5) is 1.42. The van der Waals surface area contributed by atoms with E-state index in [4.69, 9.17) is 0 Å². The molecular formula is C30H16S2. The number of thiophene rings is 2. The van der Waals surface area contributed by atoms with E-state index in [0.29, 0.717) is 0 Å². The largest absolute Gasteiger partial charge is 0.135 e. The lowest BCUT2D eigenvalue weighted by Gasteiger charge is -2.06. The van der Waals surface area contributed by atoms with Gasteiger partial charge in [0.05, 0.1) is 0 Å². The molecule has 0 spiro atoms. The summed E-state index contributed by atoms with van der Waals surface area (Å²) in [6.45, 7) is 0. The van der Waals surface area contributed by atoms with Crippen LogP contribution in [-0.2, 0) is 0 Å². The van der Waals surface area contributed by atoms with Gasteiger partial charge in [0.1, 0.15) is 0 Å². The molecule has 2 heteroatoms.